The van der Waals surface area contributed by atoms with Crippen LogP contribution in [0.4, 0.5) is 0 Å². The molecule has 2 aromatic rings. The molecular weight excluding hydrogens is 332 g/mol. The van der Waals surface area contributed by atoms with E-state index >= 15 is 0 Å². The molecule has 2 aromatic carbocycles. The summed E-state index contributed by atoms with van der Waals surface area (Å²) in [5, 5.41) is 11.7. The zero-order valence-electron chi connectivity index (χ0n) is 14.9. The van der Waals surface area contributed by atoms with Gasteiger partial charge in [-0.05, 0) is 49.2 Å². The van der Waals surface area contributed by atoms with E-state index in [2.05, 4.69) is 5.32 Å². The molecule has 0 atom stereocenters. The van der Waals surface area contributed by atoms with E-state index in [1.165, 1.54) is 0 Å². The Hall–Kier alpha value is -3.15. The monoisotopic (exact) mass is 354 g/mol. The first-order valence-corrected chi connectivity index (χ1v) is 8.38. The number of carbonyl (C=O) groups excluding carboxylic acids is 2. The Kier molecular flexibility index (Phi) is 6.49. The zero-order valence-corrected chi connectivity index (χ0v) is 14.9. The van der Waals surface area contributed by atoms with Crippen LogP contribution in [0.15, 0.2) is 48.5 Å². The fourth-order valence-corrected chi connectivity index (χ4v) is 2.39. The second-order valence-electron chi connectivity index (χ2n) is 5.91. The van der Waals surface area contributed by atoms with E-state index in [-0.39, 0.29) is 17.4 Å². The van der Waals surface area contributed by atoms with Crippen LogP contribution >= 0.6 is 0 Å². The summed E-state index contributed by atoms with van der Waals surface area (Å²) in [6.07, 6.45) is 0.586. The molecule has 6 nitrogen and oxygen atoms in total. The van der Waals surface area contributed by atoms with Crippen molar-refractivity contribution in [1.29, 1.82) is 0 Å². The molecule has 2 N–H and O–H groups in total. The van der Waals surface area contributed by atoms with E-state index < -0.39 is 5.97 Å². The fourth-order valence-electron chi connectivity index (χ4n) is 2.39. The number of benzene rings is 2. The van der Waals surface area contributed by atoms with Gasteiger partial charge in [-0.25, -0.2) is 4.79 Å². The molecule has 0 aliphatic rings. The van der Waals surface area contributed by atoms with E-state index in [0.29, 0.717) is 30.6 Å². The number of nitrogens with zero attached hydrogens (tertiary/aromatic N) is 1. The number of hydrogen-bond donors (Lipinski definition) is 2. The van der Waals surface area contributed by atoms with E-state index in [4.69, 9.17) is 5.11 Å². The van der Waals surface area contributed by atoms with Gasteiger partial charge in [0.1, 0.15) is 0 Å². The number of carboxylic acid groups (broad SMARTS) is 1. The summed E-state index contributed by atoms with van der Waals surface area (Å²) in [6, 6.07) is 13.2. The second-order valence-corrected chi connectivity index (χ2v) is 5.91. The van der Waals surface area contributed by atoms with Gasteiger partial charge in [0.15, 0.2) is 0 Å². The number of amides is 2. The van der Waals surface area contributed by atoms with Crippen molar-refractivity contribution in [3.8, 4) is 0 Å². The largest absolute Gasteiger partial charge is 0.478 e. The summed E-state index contributed by atoms with van der Waals surface area (Å²) in [5.74, 6) is -1.34. The van der Waals surface area contributed by atoms with Gasteiger partial charge in [-0.15, -0.1) is 0 Å². The van der Waals surface area contributed by atoms with E-state index in [1.807, 2.05) is 6.92 Å². The third kappa shape index (κ3) is 4.92. The van der Waals surface area contributed by atoms with Crippen molar-refractivity contribution in [2.75, 3.05) is 20.1 Å². The third-order valence-corrected chi connectivity index (χ3v) is 4.09. The molecule has 0 unspecified atom stereocenters. The SMILES string of the molecule is CCN(C)C(=O)c1cccc(C(=O)NCCc2ccc(C(=O)O)cc2)c1. The van der Waals surface area contributed by atoms with Crippen LogP contribution in [0.1, 0.15) is 43.6 Å². The Morgan fingerprint density at radius 1 is 1.00 bits per heavy atom. The number of rotatable bonds is 7. The number of carboxylic acids is 1. The summed E-state index contributed by atoms with van der Waals surface area (Å²) in [5.41, 5.74) is 2.08. The molecule has 0 saturated heterocycles. The first-order valence-electron chi connectivity index (χ1n) is 8.38. The number of aromatic carboxylic acids is 1. The summed E-state index contributed by atoms with van der Waals surface area (Å²) < 4.78 is 0. The number of nitrogens with one attached hydrogen (secondary N) is 1. The first kappa shape index (κ1) is 19.2. The summed E-state index contributed by atoms with van der Waals surface area (Å²) in [4.78, 5) is 36.9. The highest BCUT2D eigenvalue weighted by Gasteiger charge is 2.13. The molecule has 136 valence electrons. The third-order valence-electron chi connectivity index (χ3n) is 4.09. The molecule has 0 fully saturated rings. The van der Waals surface area contributed by atoms with Crippen LogP contribution in [0.3, 0.4) is 0 Å². The summed E-state index contributed by atoms with van der Waals surface area (Å²) >= 11 is 0. The summed E-state index contributed by atoms with van der Waals surface area (Å²) in [7, 11) is 1.71. The maximum Gasteiger partial charge on any atom is 0.335 e. The highest BCUT2D eigenvalue weighted by molar-refractivity contribution is 5.99. The molecule has 0 aliphatic heterocycles. The molecule has 0 radical (unpaired) electrons. The lowest BCUT2D eigenvalue weighted by Crippen LogP contribution is -2.28. The summed E-state index contributed by atoms with van der Waals surface area (Å²) in [6.45, 7) is 2.89. The van der Waals surface area contributed by atoms with Crippen LogP contribution < -0.4 is 5.32 Å². The Labute approximate surface area is 152 Å². The minimum absolute atomic E-state index is 0.124. The Bertz CT molecular complexity index is 800. The number of carbonyl (C=O) groups is 3. The average Bonchev–Trinajstić information content (AvgIpc) is 2.67. The van der Waals surface area contributed by atoms with E-state index in [1.54, 1.807) is 60.5 Å². The van der Waals surface area contributed by atoms with Gasteiger partial charge in [0.2, 0.25) is 0 Å². The second kappa shape index (κ2) is 8.80. The van der Waals surface area contributed by atoms with Gasteiger partial charge in [0.25, 0.3) is 11.8 Å². The Morgan fingerprint density at radius 2 is 1.65 bits per heavy atom. The van der Waals surface area contributed by atoms with Gasteiger partial charge in [0, 0.05) is 31.3 Å². The van der Waals surface area contributed by atoms with Crippen molar-refractivity contribution in [2.45, 2.75) is 13.3 Å². The van der Waals surface area contributed by atoms with Gasteiger partial charge >= 0.3 is 5.97 Å². The van der Waals surface area contributed by atoms with Crippen molar-refractivity contribution in [3.05, 3.63) is 70.8 Å². The zero-order chi connectivity index (χ0) is 19.1. The molecule has 2 amide bonds. The number of hydrogen-bond acceptors (Lipinski definition) is 3. The average molecular weight is 354 g/mol. The van der Waals surface area contributed by atoms with Crippen molar-refractivity contribution in [2.24, 2.45) is 0 Å². The van der Waals surface area contributed by atoms with Crippen molar-refractivity contribution in [3.63, 3.8) is 0 Å². The van der Waals surface area contributed by atoms with E-state index in [0.717, 1.165) is 5.56 Å². The highest BCUT2D eigenvalue weighted by Crippen LogP contribution is 2.09. The standard InChI is InChI=1S/C20H22N2O4/c1-3-22(2)19(24)17-6-4-5-16(13-17)18(23)21-12-11-14-7-9-15(10-8-14)20(25)26/h4-10,13H,3,11-12H2,1-2H3,(H,21,23)(H,25,26). The van der Waals surface area contributed by atoms with Crippen LogP contribution in [0, 0.1) is 0 Å². The molecule has 0 saturated carbocycles. The topological polar surface area (TPSA) is 86.7 Å². The molecule has 0 aliphatic carbocycles. The minimum atomic E-state index is -0.965. The highest BCUT2D eigenvalue weighted by atomic mass is 16.4. The minimum Gasteiger partial charge on any atom is -0.478 e. The normalized spacial score (nSPS) is 10.2. The van der Waals surface area contributed by atoms with E-state index in [9.17, 15) is 14.4 Å². The Morgan fingerprint density at radius 3 is 2.27 bits per heavy atom. The van der Waals surface area contributed by atoms with Crippen molar-refractivity contribution >= 4 is 17.8 Å². The molecule has 0 heterocycles. The lowest BCUT2D eigenvalue weighted by molar-refractivity contribution is 0.0696. The lowest BCUT2D eigenvalue weighted by Gasteiger charge is -2.15. The van der Waals surface area contributed by atoms with Crippen LogP contribution in [0.2, 0.25) is 0 Å². The van der Waals surface area contributed by atoms with Gasteiger partial charge in [-0.2, -0.15) is 0 Å². The predicted octanol–water partition coefficient (Wildman–Crippen LogP) is 2.45. The smallest absolute Gasteiger partial charge is 0.335 e. The molecule has 6 heteroatoms. The first-order chi connectivity index (χ1) is 12.4. The maximum atomic E-state index is 12.3. The lowest BCUT2D eigenvalue weighted by atomic mass is 10.1. The molecule has 0 bridgehead atoms. The van der Waals surface area contributed by atoms with Gasteiger partial charge < -0.3 is 15.3 Å². The fraction of sp³-hybridized carbons (Fsp3) is 0.250. The van der Waals surface area contributed by atoms with Gasteiger partial charge in [0.05, 0.1) is 5.56 Å². The molecular formula is C20H22N2O4. The van der Waals surface area contributed by atoms with Crippen molar-refractivity contribution < 1.29 is 19.5 Å². The van der Waals surface area contributed by atoms with Gasteiger partial charge in [-0.1, -0.05) is 18.2 Å². The van der Waals surface area contributed by atoms with Crippen LogP contribution in [-0.2, 0) is 6.42 Å². The predicted molar refractivity (Wildman–Crippen MR) is 98.5 cm³/mol. The van der Waals surface area contributed by atoms with Crippen LogP contribution in [0.25, 0.3) is 0 Å². The molecule has 0 aromatic heterocycles. The van der Waals surface area contributed by atoms with Crippen molar-refractivity contribution in [1.82, 2.24) is 10.2 Å². The van der Waals surface area contributed by atoms with Gasteiger partial charge in [-0.3, -0.25) is 9.59 Å². The molecule has 0 spiro atoms. The Balaban J connectivity index is 1.93. The maximum absolute atomic E-state index is 12.3. The molecule has 26 heavy (non-hydrogen) atoms. The van der Waals surface area contributed by atoms with Crippen LogP contribution in [0.5, 0.6) is 0 Å². The molecule has 2 rings (SSSR count). The quantitative estimate of drug-likeness (QED) is 0.800. The van der Waals surface area contributed by atoms with Crippen LogP contribution in [-0.4, -0.2) is 47.9 Å².